The molecule has 28 heavy (non-hydrogen) atoms. The Hall–Kier alpha value is -2.74. The number of carboxylic acids is 1. The molecule has 0 amide bonds. The number of halogens is 2. The zero-order valence-corrected chi connectivity index (χ0v) is 15.9. The Kier molecular flexibility index (Phi) is 4.66. The number of nitrogens with zero attached hydrogens (tertiary/aromatic N) is 3. The number of rotatable bonds is 6. The molecule has 7 nitrogen and oxygen atoms in total. The van der Waals surface area contributed by atoms with Gasteiger partial charge in [0.15, 0.2) is 11.5 Å². The topological polar surface area (TPSA) is 104 Å². The summed E-state index contributed by atoms with van der Waals surface area (Å²) in [6, 6.07) is 1.19. The number of fused-ring (bicyclic) bond motifs is 1. The summed E-state index contributed by atoms with van der Waals surface area (Å²) >= 11 is 5.95. The molecule has 0 aromatic carbocycles. The largest absolute Gasteiger partial charge is 0.481 e. The van der Waals surface area contributed by atoms with Crippen LogP contribution in [0, 0.1) is 11.2 Å². The van der Waals surface area contributed by atoms with E-state index < -0.39 is 11.8 Å². The molecule has 146 valence electrons. The second kappa shape index (κ2) is 7.01. The summed E-state index contributed by atoms with van der Waals surface area (Å²) in [5, 5.41) is 12.6. The number of aromatic nitrogens is 4. The highest BCUT2D eigenvalue weighted by Crippen LogP contribution is 2.45. The molecule has 4 rings (SSSR count). The zero-order chi connectivity index (χ0) is 19.9. The van der Waals surface area contributed by atoms with Gasteiger partial charge in [-0.3, -0.25) is 9.78 Å². The molecule has 3 aromatic rings. The second-order valence-corrected chi connectivity index (χ2v) is 7.83. The van der Waals surface area contributed by atoms with Crippen molar-refractivity contribution in [3.8, 4) is 11.3 Å². The highest BCUT2D eigenvalue weighted by Gasteiger charge is 2.41. The number of nitrogens with one attached hydrogen (secondary N) is 2. The van der Waals surface area contributed by atoms with E-state index >= 15 is 0 Å². The first-order valence-electron chi connectivity index (χ1n) is 8.99. The monoisotopic (exact) mass is 403 g/mol. The van der Waals surface area contributed by atoms with Crippen molar-refractivity contribution in [1.29, 1.82) is 0 Å². The van der Waals surface area contributed by atoms with Crippen LogP contribution in [0.3, 0.4) is 0 Å². The van der Waals surface area contributed by atoms with Crippen LogP contribution >= 0.6 is 11.6 Å². The van der Waals surface area contributed by atoms with Gasteiger partial charge in [-0.25, -0.2) is 14.4 Å². The van der Waals surface area contributed by atoms with Gasteiger partial charge in [-0.15, -0.1) is 0 Å². The molecule has 0 bridgehead atoms. The van der Waals surface area contributed by atoms with Crippen LogP contribution in [0.25, 0.3) is 22.4 Å². The van der Waals surface area contributed by atoms with Crippen molar-refractivity contribution in [2.24, 2.45) is 5.41 Å². The maximum Gasteiger partial charge on any atom is 0.305 e. The van der Waals surface area contributed by atoms with Crippen molar-refractivity contribution in [1.82, 2.24) is 19.9 Å². The van der Waals surface area contributed by atoms with Crippen molar-refractivity contribution in [2.75, 3.05) is 5.32 Å². The lowest BCUT2D eigenvalue weighted by atomic mass is 9.64. The average Bonchev–Trinajstić information content (AvgIpc) is 3.03. The number of pyridine rings is 1. The fourth-order valence-corrected chi connectivity index (χ4v) is 3.81. The molecule has 0 spiro atoms. The van der Waals surface area contributed by atoms with E-state index in [1.165, 1.54) is 6.20 Å². The Morgan fingerprint density at radius 1 is 1.43 bits per heavy atom. The van der Waals surface area contributed by atoms with Gasteiger partial charge in [0.05, 0.1) is 30.2 Å². The number of hydrogen-bond donors (Lipinski definition) is 3. The second-order valence-electron chi connectivity index (χ2n) is 7.44. The third-order valence-electron chi connectivity index (χ3n) is 5.53. The van der Waals surface area contributed by atoms with Crippen molar-refractivity contribution >= 4 is 34.4 Å². The molecule has 0 saturated heterocycles. The van der Waals surface area contributed by atoms with E-state index in [4.69, 9.17) is 11.6 Å². The minimum atomic E-state index is -0.915. The van der Waals surface area contributed by atoms with E-state index in [1.54, 1.807) is 12.3 Å². The van der Waals surface area contributed by atoms with Crippen molar-refractivity contribution < 1.29 is 14.3 Å². The molecule has 3 aromatic heterocycles. The fourth-order valence-electron chi connectivity index (χ4n) is 3.68. The molecular formula is C19H19ClFN5O2. The summed E-state index contributed by atoms with van der Waals surface area (Å²) in [5.74, 6) is -1.45. The number of carbonyl (C=O) groups is 1. The van der Waals surface area contributed by atoms with E-state index in [2.05, 4.69) is 25.3 Å². The lowest BCUT2D eigenvalue weighted by molar-refractivity contribution is -0.138. The molecule has 0 aliphatic heterocycles. The normalized spacial score (nSPS) is 16.5. The quantitative estimate of drug-likeness (QED) is 0.568. The minimum absolute atomic E-state index is 0.0816. The van der Waals surface area contributed by atoms with Crippen LogP contribution in [0.15, 0.2) is 24.7 Å². The summed E-state index contributed by atoms with van der Waals surface area (Å²) in [5.41, 5.74) is 2.25. The van der Waals surface area contributed by atoms with Crippen LogP contribution in [0.2, 0.25) is 5.15 Å². The number of anilines is 1. The molecule has 1 saturated carbocycles. The maximum absolute atomic E-state index is 14.5. The number of aromatic amines is 1. The summed E-state index contributed by atoms with van der Waals surface area (Å²) in [4.78, 5) is 26.9. The van der Waals surface area contributed by atoms with Crippen molar-refractivity contribution in [3.63, 3.8) is 0 Å². The van der Waals surface area contributed by atoms with Gasteiger partial charge in [-0.2, -0.15) is 0 Å². The number of carboxylic acid groups (broad SMARTS) is 1. The van der Waals surface area contributed by atoms with Gasteiger partial charge in [-0.1, -0.05) is 24.9 Å². The van der Waals surface area contributed by atoms with Gasteiger partial charge >= 0.3 is 5.97 Å². The standard InChI is InChI=1S/C19H19ClFN5O2/c1-19(3-2-4-19)14(6-16(27)28)25-13-5-12(22-8-11(13)21)10-7-23-18-17(10)26-15(20)9-24-18/h5,7-9,14H,2-4,6H2,1H3,(H,22,25)(H,23,24)(H,27,28)/t14-/m0/s1. The van der Waals surface area contributed by atoms with Gasteiger partial charge < -0.3 is 15.4 Å². The maximum atomic E-state index is 14.5. The highest BCUT2D eigenvalue weighted by atomic mass is 35.5. The first kappa shape index (κ1) is 18.6. The summed E-state index contributed by atoms with van der Waals surface area (Å²) in [7, 11) is 0. The SMILES string of the molecule is CC1([C@H](CC(=O)O)Nc2cc(-c3c[nH]c4ncc(Cl)nc34)ncc2F)CCC1. The van der Waals surface area contributed by atoms with Gasteiger partial charge in [0.25, 0.3) is 0 Å². The molecule has 1 fully saturated rings. The predicted octanol–water partition coefficient (Wildman–Crippen LogP) is 4.26. The van der Waals surface area contributed by atoms with Crippen molar-refractivity contribution in [3.05, 3.63) is 35.6 Å². The van der Waals surface area contributed by atoms with Gasteiger partial charge in [0, 0.05) is 17.8 Å². The van der Waals surface area contributed by atoms with Crippen LogP contribution in [-0.4, -0.2) is 37.1 Å². The van der Waals surface area contributed by atoms with E-state index in [0.717, 1.165) is 25.5 Å². The van der Waals surface area contributed by atoms with Crippen LogP contribution in [-0.2, 0) is 4.79 Å². The zero-order valence-electron chi connectivity index (χ0n) is 15.2. The molecule has 0 unspecified atom stereocenters. The van der Waals surface area contributed by atoms with E-state index in [0.29, 0.717) is 22.4 Å². The Labute approximate surface area is 165 Å². The lowest BCUT2D eigenvalue weighted by Crippen LogP contribution is -2.44. The predicted molar refractivity (Wildman–Crippen MR) is 104 cm³/mol. The Morgan fingerprint density at radius 3 is 2.89 bits per heavy atom. The average molecular weight is 404 g/mol. The molecule has 3 N–H and O–H groups in total. The molecule has 3 heterocycles. The molecule has 0 radical (unpaired) electrons. The van der Waals surface area contributed by atoms with Crippen LogP contribution in [0.4, 0.5) is 10.1 Å². The van der Waals surface area contributed by atoms with Gasteiger partial charge in [0.2, 0.25) is 0 Å². The Bertz CT molecular complexity index is 1050. The number of H-pyrrole nitrogens is 1. The summed E-state index contributed by atoms with van der Waals surface area (Å²) in [6.45, 7) is 2.04. The smallest absolute Gasteiger partial charge is 0.305 e. The first-order valence-corrected chi connectivity index (χ1v) is 9.37. The molecule has 1 aliphatic carbocycles. The third kappa shape index (κ3) is 3.40. The van der Waals surface area contributed by atoms with Crippen molar-refractivity contribution in [2.45, 2.75) is 38.6 Å². The van der Waals surface area contributed by atoms with Crippen LogP contribution in [0.5, 0.6) is 0 Å². The number of hydrogen-bond acceptors (Lipinski definition) is 5. The summed E-state index contributed by atoms with van der Waals surface area (Å²) < 4.78 is 14.5. The third-order valence-corrected chi connectivity index (χ3v) is 5.71. The molecule has 1 aliphatic rings. The molecular weight excluding hydrogens is 385 g/mol. The number of aliphatic carboxylic acids is 1. The van der Waals surface area contributed by atoms with E-state index in [1.807, 2.05) is 6.92 Å². The van der Waals surface area contributed by atoms with Crippen LogP contribution in [0.1, 0.15) is 32.6 Å². The first-order chi connectivity index (χ1) is 13.4. The van der Waals surface area contributed by atoms with Gasteiger partial charge in [0.1, 0.15) is 10.7 Å². The Balaban J connectivity index is 1.70. The minimum Gasteiger partial charge on any atom is -0.481 e. The van der Waals surface area contributed by atoms with E-state index in [9.17, 15) is 14.3 Å². The molecule has 1 atom stereocenters. The lowest BCUT2D eigenvalue weighted by Gasteiger charge is -2.45. The molecule has 9 heteroatoms. The fraction of sp³-hybridized carbons (Fsp3) is 0.368. The van der Waals surface area contributed by atoms with Gasteiger partial charge in [-0.05, 0) is 24.3 Å². The highest BCUT2D eigenvalue weighted by molar-refractivity contribution is 6.29. The van der Waals surface area contributed by atoms with E-state index in [-0.39, 0.29) is 28.7 Å². The Morgan fingerprint density at radius 2 is 2.21 bits per heavy atom. The van der Waals surface area contributed by atoms with Crippen LogP contribution < -0.4 is 5.32 Å². The summed E-state index contributed by atoms with van der Waals surface area (Å²) in [6.07, 6.45) is 7.03.